The van der Waals surface area contributed by atoms with Crippen LogP contribution in [0.4, 0.5) is 0 Å². The lowest BCUT2D eigenvalue weighted by molar-refractivity contribution is -0.127. The van der Waals surface area contributed by atoms with E-state index in [1.54, 1.807) is 30.3 Å². The lowest BCUT2D eigenvalue weighted by atomic mass is 10.3. The SMILES string of the molecule is CC(NC(=NCC(=O)N(C)C)NC1CC1)c1cccs1. The number of hydrogen-bond acceptors (Lipinski definition) is 3. The van der Waals surface area contributed by atoms with Gasteiger partial charge in [0.1, 0.15) is 6.54 Å². The van der Waals surface area contributed by atoms with Crippen LogP contribution in [0.5, 0.6) is 0 Å². The highest BCUT2D eigenvalue weighted by atomic mass is 32.1. The van der Waals surface area contributed by atoms with Gasteiger partial charge >= 0.3 is 0 Å². The number of nitrogens with one attached hydrogen (secondary N) is 2. The molecule has 0 radical (unpaired) electrons. The molecule has 0 saturated heterocycles. The Hall–Kier alpha value is -1.56. The molecule has 1 amide bonds. The van der Waals surface area contributed by atoms with E-state index in [4.69, 9.17) is 0 Å². The number of thiophene rings is 1. The molecular weight excluding hydrogens is 272 g/mol. The van der Waals surface area contributed by atoms with Crippen molar-refractivity contribution in [3.05, 3.63) is 22.4 Å². The Balaban J connectivity index is 1.95. The monoisotopic (exact) mass is 294 g/mol. The molecule has 1 unspecified atom stereocenters. The molecule has 1 saturated carbocycles. The van der Waals surface area contributed by atoms with Crippen LogP contribution in [0, 0.1) is 0 Å². The summed E-state index contributed by atoms with van der Waals surface area (Å²) in [5.74, 6) is 0.731. The van der Waals surface area contributed by atoms with E-state index >= 15 is 0 Å². The smallest absolute Gasteiger partial charge is 0.243 e. The molecule has 1 atom stereocenters. The molecule has 5 nitrogen and oxygen atoms in total. The summed E-state index contributed by atoms with van der Waals surface area (Å²) in [7, 11) is 3.49. The molecular formula is C14H22N4OS. The Labute approximate surface area is 124 Å². The van der Waals surface area contributed by atoms with Gasteiger partial charge in [-0.3, -0.25) is 4.79 Å². The van der Waals surface area contributed by atoms with Gasteiger partial charge in [0.2, 0.25) is 5.91 Å². The highest BCUT2D eigenvalue weighted by molar-refractivity contribution is 7.10. The van der Waals surface area contributed by atoms with E-state index in [0.29, 0.717) is 6.04 Å². The van der Waals surface area contributed by atoms with E-state index in [-0.39, 0.29) is 18.5 Å². The zero-order chi connectivity index (χ0) is 14.5. The molecule has 0 bridgehead atoms. The van der Waals surface area contributed by atoms with E-state index in [1.807, 2.05) is 6.07 Å². The molecule has 20 heavy (non-hydrogen) atoms. The number of hydrogen-bond donors (Lipinski definition) is 2. The lowest BCUT2D eigenvalue weighted by Crippen LogP contribution is -2.40. The van der Waals surface area contributed by atoms with Gasteiger partial charge < -0.3 is 15.5 Å². The highest BCUT2D eigenvalue weighted by Gasteiger charge is 2.23. The third-order valence-electron chi connectivity index (χ3n) is 3.11. The second kappa shape index (κ2) is 6.74. The minimum absolute atomic E-state index is 0.00525. The average molecular weight is 294 g/mol. The fourth-order valence-corrected chi connectivity index (χ4v) is 2.39. The normalized spacial score (nSPS) is 16.6. The van der Waals surface area contributed by atoms with Crippen LogP contribution in [-0.4, -0.2) is 43.4 Å². The number of carbonyl (C=O) groups is 1. The second-order valence-corrected chi connectivity index (χ2v) is 6.23. The van der Waals surface area contributed by atoms with E-state index in [0.717, 1.165) is 5.96 Å². The third-order valence-corrected chi connectivity index (χ3v) is 4.17. The number of guanidine groups is 1. The van der Waals surface area contributed by atoms with Crippen molar-refractivity contribution in [2.75, 3.05) is 20.6 Å². The second-order valence-electron chi connectivity index (χ2n) is 5.25. The van der Waals surface area contributed by atoms with Gasteiger partial charge in [0.15, 0.2) is 5.96 Å². The average Bonchev–Trinajstić information content (AvgIpc) is 3.05. The summed E-state index contributed by atoms with van der Waals surface area (Å²) < 4.78 is 0. The molecule has 110 valence electrons. The van der Waals surface area contributed by atoms with Gasteiger partial charge in [-0.1, -0.05) is 6.07 Å². The molecule has 1 aromatic rings. The number of aliphatic imine (C=N–C) groups is 1. The van der Waals surface area contributed by atoms with Crippen molar-refractivity contribution in [2.24, 2.45) is 4.99 Å². The van der Waals surface area contributed by atoms with E-state index in [9.17, 15) is 4.79 Å². The molecule has 1 aliphatic rings. The van der Waals surface area contributed by atoms with Gasteiger partial charge in [-0.25, -0.2) is 4.99 Å². The topological polar surface area (TPSA) is 56.7 Å². The van der Waals surface area contributed by atoms with Crippen molar-refractivity contribution in [3.8, 4) is 0 Å². The Morgan fingerprint density at radius 1 is 1.55 bits per heavy atom. The van der Waals surface area contributed by atoms with E-state index in [1.165, 1.54) is 17.7 Å². The number of carbonyl (C=O) groups excluding carboxylic acids is 1. The van der Waals surface area contributed by atoms with Crippen LogP contribution in [0.15, 0.2) is 22.5 Å². The summed E-state index contributed by atoms with van der Waals surface area (Å²) in [6.45, 7) is 2.27. The zero-order valence-electron chi connectivity index (χ0n) is 12.2. The third kappa shape index (κ3) is 4.52. The Bertz CT molecular complexity index is 466. The number of nitrogens with zero attached hydrogens (tertiary/aromatic N) is 2. The van der Waals surface area contributed by atoms with Crippen molar-refractivity contribution >= 4 is 23.2 Å². The lowest BCUT2D eigenvalue weighted by Gasteiger charge is -2.17. The summed E-state index contributed by atoms with van der Waals surface area (Å²) in [4.78, 5) is 18.8. The maximum atomic E-state index is 11.6. The zero-order valence-corrected chi connectivity index (χ0v) is 13.0. The first-order chi connectivity index (χ1) is 9.56. The largest absolute Gasteiger partial charge is 0.354 e. The maximum Gasteiger partial charge on any atom is 0.243 e. The summed E-state index contributed by atoms with van der Waals surface area (Å²) >= 11 is 1.72. The van der Waals surface area contributed by atoms with Crippen LogP contribution >= 0.6 is 11.3 Å². The molecule has 2 rings (SSSR count). The quantitative estimate of drug-likeness (QED) is 0.640. The molecule has 2 N–H and O–H groups in total. The van der Waals surface area contributed by atoms with Crippen molar-refractivity contribution in [1.29, 1.82) is 0 Å². The molecule has 6 heteroatoms. The molecule has 0 aromatic carbocycles. The molecule has 0 aliphatic heterocycles. The summed E-state index contributed by atoms with van der Waals surface area (Å²) in [5.41, 5.74) is 0. The maximum absolute atomic E-state index is 11.6. The van der Waals surface area contributed by atoms with Crippen LogP contribution in [0.2, 0.25) is 0 Å². The number of rotatable bonds is 5. The van der Waals surface area contributed by atoms with Crippen LogP contribution in [0.25, 0.3) is 0 Å². The van der Waals surface area contributed by atoms with Crippen LogP contribution < -0.4 is 10.6 Å². The van der Waals surface area contributed by atoms with Crippen molar-refractivity contribution < 1.29 is 4.79 Å². The van der Waals surface area contributed by atoms with Gasteiger partial charge in [0.05, 0.1) is 6.04 Å². The van der Waals surface area contributed by atoms with Gasteiger partial charge in [0.25, 0.3) is 0 Å². The Kier molecular flexibility index (Phi) is 5.00. The minimum atomic E-state index is 0.00525. The predicted molar refractivity (Wildman–Crippen MR) is 83.0 cm³/mol. The number of likely N-dealkylation sites (N-methyl/N-ethyl adjacent to an activating group) is 1. The molecule has 1 aliphatic carbocycles. The fourth-order valence-electron chi connectivity index (χ4n) is 1.66. The predicted octanol–water partition coefficient (Wildman–Crippen LogP) is 1.59. The van der Waals surface area contributed by atoms with Crippen molar-refractivity contribution in [1.82, 2.24) is 15.5 Å². The minimum Gasteiger partial charge on any atom is -0.354 e. The summed E-state index contributed by atoms with van der Waals surface area (Å²) in [5, 5.41) is 8.78. The van der Waals surface area contributed by atoms with Gasteiger partial charge in [0, 0.05) is 25.0 Å². The van der Waals surface area contributed by atoms with Crippen molar-refractivity contribution in [3.63, 3.8) is 0 Å². The highest BCUT2D eigenvalue weighted by Crippen LogP contribution is 2.20. The first-order valence-corrected chi connectivity index (χ1v) is 7.75. The first kappa shape index (κ1) is 14.8. The molecule has 1 fully saturated rings. The molecule has 1 aromatic heterocycles. The van der Waals surface area contributed by atoms with Crippen molar-refractivity contribution in [2.45, 2.75) is 31.8 Å². The molecule has 1 heterocycles. The summed E-state index contributed by atoms with van der Waals surface area (Å²) in [6, 6.07) is 4.83. The number of amides is 1. The van der Waals surface area contributed by atoms with Crippen LogP contribution in [-0.2, 0) is 4.79 Å². The Morgan fingerprint density at radius 2 is 2.30 bits per heavy atom. The van der Waals surface area contributed by atoms with Gasteiger partial charge in [-0.05, 0) is 31.2 Å². The Morgan fingerprint density at radius 3 is 2.85 bits per heavy atom. The van der Waals surface area contributed by atoms with Crippen LogP contribution in [0.1, 0.15) is 30.7 Å². The fraction of sp³-hybridized carbons (Fsp3) is 0.571. The van der Waals surface area contributed by atoms with E-state index in [2.05, 4.69) is 34.0 Å². The van der Waals surface area contributed by atoms with Gasteiger partial charge in [-0.15, -0.1) is 11.3 Å². The summed E-state index contributed by atoms with van der Waals surface area (Å²) in [6.07, 6.45) is 2.35. The standard InChI is InChI=1S/C14H22N4OS/c1-10(12-5-4-8-20-12)16-14(17-11-6-7-11)15-9-13(19)18(2)3/h4-5,8,10-11H,6-7,9H2,1-3H3,(H2,15,16,17). The van der Waals surface area contributed by atoms with Crippen LogP contribution in [0.3, 0.4) is 0 Å². The first-order valence-electron chi connectivity index (χ1n) is 6.87. The van der Waals surface area contributed by atoms with Gasteiger partial charge in [-0.2, -0.15) is 0 Å². The van der Waals surface area contributed by atoms with E-state index < -0.39 is 0 Å². The molecule has 0 spiro atoms.